The van der Waals surface area contributed by atoms with Crippen molar-refractivity contribution in [3.8, 4) is 5.75 Å². The Morgan fingerprint density at radius 2 is 1.28 bits per heavy atom. The quantitative estimate of drug-likeness (QED) is 0.619. The molecule has 8 heteroatoms. The molecular weight excluding hydrogens is 410 g/mol. The molecule has 0 atom stereocenters. The Bertz CT molecular complexity index is 980. The Balaban J connectivity index is 1.18. The van der Waals surface area contributed by atoms with Crippen LogP contribution in [0.4, 0.5) is 0 Å². The van der Waals surface area contributed by atoms with E-state index in [-0.39, 0.29) is 43.2 Å². The Hall–Kier alpha value is -3.68. The van der Waals surface area contributed by atoms with Crippen LogP contribution in [0.3, 0.4) is 0 Å². The number of nitrogens with zero attached hydrogens (tertiary/aromatic N) is 3. The summed E-state index contributed by atoms with van der Waals surface area (Å²) >= 11 is 0. The van der Waals surface area contributed by atoms with Gasteiger partial charge < -0.3 is 14.5 Å². The lowest BCUT2D eigenvalue weighted by Crippen LogP contribution is -2.51. The molecule has 8 nitrogen and oxygen atoms in total. The molecule has 2 aromatic carbocycles. The average Bonchev–Trinajstić information content (AvgIpc) is 3.08. The standard InChI is InChI=1S/C24H25N3O5/c28-21(11-6-12-27-23(30)19-9-4-5-10-20(19)24(27)31)25-13-15-26(16-14-25)22(29)17-32-18-7-2-1-3-8-18/h1-5,7-10H,6,11-17H2. The van der Waals surface area contributed by atoms with E-state index < -0.39 is 0 Å². The molecule has 0 unspecified atom stereocenters. The first-order valence-electron chi connectivity index (χ1n) is 10.7. The maximum absolute atomic E-state index is 12.5. The molecule has 1 fully saturated rings. The van der Waals surface area contributed by atoms with Gasteiger partial charge in [-0.15, -0.1) is 0 Å². The van der Waals surface area contributed by atoms with Crippen LogP contribution >= 0.6 is 0 Å². The average molecular weight is 435 g/mol. The molecule has 4 amide bonds. The first kappa shape index (κ1) is 21.5. The smallest absolute Gasteiger partial charge is 0.261 e. The Morgan fingerprint density at radius 1 is 0.750 bits per heavy atom. The second-order valence-corrected chi connectivity index (χ2v) is 7.77. The molecule has 2 aliphatic heterocycles. The molecular formula is C24H25N3O5. The van der Waals surface area contributed by atoms with Gasteiger partial charge in [-0.1, -0.05) is 30.3 Å². The van der Waals surface area contributed by atoms with Crippen LogP contribution in [0.25, 0.3) is 0 Å². The van der Waals surface area contributed by atoms with E-state index in [9.17, 15) is 19.2 Å². The number of carbonyl (C=O) groups is 4. The minimum Gasteiger partial charge on any atom is -0.484 e. The number of benzene rings is 2. The summed E-state index contributed by atoms with van der Waals surface area (Å²) in [5.74, 6) is -0.0978. The van der Waals surface area contributed by atoms with E-state index >= 15 is 0 Å². The number of fused-ring (bicyclic) bond motifs is 1. The fraction of sp³-hybridized carbons (Fsp3) is 0.333. The van der Waals surface area contributed by atoms with E-state index in [0.717, 1.165) is 0 Å². The number of ether oxygens (including phenoxy) is 1. The number of rotatable bonds is 7. The SMILES string of the molecule is O=C(CCCN1C(=O)c2ccccc2C1=O)N1CCN(C(=O)COc2ccccc2)CC1. The van der Waals surface area contributed by atoms with Crippen LogP contribution in [-0.4, -0.2) is 77.7 Å². The van der Waals surface area contributed by atoms with E-state index in [4.69, 9.17) is 4.74 Å². The summed E-state index contributed by atoms with van der Waals surface area (Å²) in [6, 6.07) is 15.9. The highest BCUT2D eigenvalue weighted by molar-refractivity contribution is 6.21. The summed E-state index contributed by atoms with van der Waals surface area (Å²) < 4.78 is 5.51. The van der Waals surface area contributed by atoms with Crippen molar-refractivity contribution in [3.63, 3.8) is 0 Å². The summed E-state index contributed by atoms with van der Waals surface area (Å²) in [5.41, 5.74) is 0.835. The molecule has 2 heterocycles. The van der Waals surface area contributed by atoms with E-state index in [1.807, 2.05) is 18.2 Å². The number of carbonyl (C=O) groups excluding carboxylic acids is 4. The summed E-state index contributed by atoms with van der Waals surface area (Å²) in [6.45, 7) is 2.03. The predicted molar refractivity (Wildman–Crippen MR) is 116 cm³/mol. The normalized spacial score (nSPS) is 15.7. The van der Waals surface area contributed by atoms with Crippen molar-refractivity contribution in [2.24, 2.45) is 0 Å². The van der Waals surface area contributed by atoms with Crippen molar-refractivity contribution < 1.29 is 23.9 Å². The number of para-hydroxylation sites is 1. The molecule has 0 aliphatic carbocycles. The zero-order valence-corrected chi connectivity index (χ0v) is 17.7. The molecule has 166 valence electrons. The van der Waals surface area contributed by atoms with Crippen LogP contribution in [0.15, 0.2) is 54.6 Å². The minimum absolute atomic E-state index is 0.0295. The van der Waals surface area contributed by atoms with Crippen molar-refractivity contribution in [1.29, 1.82) is 0 Å². The van der Waals surface area contributed by atoms with Gasteiger partial charge in [-0.05, 0) is 30.7 Å². The molecule has 1 saturated heterocycles. The van der Waals surface area contributed by atoms with Crippen molar-refractivity contribution in [1.82, 2.24) is 14.7 Å². The summed E-state index contributed by atoms with van der Waals surface area (Å²) in [7, 11) is 0. The Kier molecular flexibility index (Phi) is 6.49. The Labute approximate surface area is 186 Å². The van der Waals surface area contributed by atoms with Gasteiger partial charge in [0.25, 0.3) is 17.7 Å². The van der Waals surface area contributed by atoms with E-state index in [1.54, 1.807) is 46.2 Å². The molecule has 2 aromatic rings. The highest BCUT2D eigenvalue weighted by atomic mass is 16.5. The highest BCUT2D eigenvalue weighted by Gasteiger charge is 2.34. The Morgan fingerprint density at radius 3 is 1.88 bits per heavy atom. The fourth-order valence-corrected chi connectivity index (χ4v) is 3.95. The molecule has 0 radical (unpaired) electrons. The third-order valence-corrected chi connectivity index (χ3v) is 5.74. The number of hydrogen-bond acceptors (Lipinski definition) is 5. The topological polar surface area (TPSA) is 87.2 Å². The molecule has 0 N–H and O–H groups in total. The maximum Gasteiger partial charge on any atom is 0.261 e. The fourth-order valence-electron chi connectivity index (χ4n) is 3.95. The van der Waals surface area contributed by atoms with E-state index in [0.29, 0.717) is 49.5 Å². The second-order valence-electron chi connectivity index (χ2n) is 7.77. The first-order valence-corrected chi connectivity index (χ1v) is 10.7. The van der Waals surface area contributed by atoms with Gasteiger partial charge in [0.05, 0.1) is 11.1 Å². The van der Waals surface area contributed by atoms with Gasteiger partial charge in [0.2, 0.25) is 5.91 Å². The van der Waals surface area contributed by atoms with Crippen LogP contribution in [0, 0.1) is 0 Å². The van der Waals surface area contributed by atoms with Crippen LogP contribution in [0.2, 0.25) is 0 Å². The zero-order valence-electron chi connectivity index (χ0n) is 17.7. The lowest BCUT2D eigenvalue weighted by Gasteiger charge is -2.34. The zero-order chi connectivity index (χ0) is 22.5. The molecule has 2 aliphatic rings. The lowest BCUT2D eigenvalue weighted by molar-refractivity contribution is -0.140. The van der Waals surface area contributed by atoms with Crippen LogP contribution < -0.4 is 4.74 Å². The third kappa shape index (κ3) is 4.64. The third-order valence-electron chi connectivity index (χ3n) is 5.74. The van der Waals surface area contributed by atoms with Crippen molar-refractivity contribution >= 4 is 23.6 Å². The number of piperazine rings is 1. The summed E-state index contributed by atoms with van der Waals surface area (Å²) in [6.07, 6.45) is 0.660. The van der Waals surface area contributed by atoms with Gasteiger partial charge >= 0.3 is 0 Å². The van der Waals surface area contributed by atoms with Gasteiger partial charge in [-0.3, -0.25) is 24.1 Å². The number of amides is 4. The van der Waals surface area contributed by atoms with Gasteiger partial charge in [0.1, 0.15) is 5.75 Å². The number of imide groups is 1. The largest absolute Gasteiger partial charge is 0.484 e. The monoisotopic (exact) mass is 435 g/mol. The van der Waals surface area contributed by atoms with Crippen LogP contribution in [0.1, 0.15) is 33.6 Å². The lowest BCUT2D eigenvalue weighted by atomic mass is 10.1. The summed E-state index contributed by atoms with van der Waals surface area (Å²) in [5, 5.41) is 0. The number of hydrogen-bond donors (Lipinski definition) is 0. The molecule has 0 aromatic heterocycles. The van der Waals surface area contributed by atoms with Gasteiger partial charge in [0.15, 0.2) is 6.61 Å². The van der Waals surface area contributed by atoms with Crippen molar-refractivity contribution in [2.45, 2.75) is 12.8 Å². The predicted octanol–water partition coefficient (Wildman–Crippen LogP) is 1.81. The highest BCUT2D eigenvalue weighted by Crippen LogP contribution is 2.22. The first-order chi connectivity index (χ1) is 15.5. The molecule has 0 bridgehead atoms. The maximum atomic E-state index is 12.5. The second kappa shape index (κ2) is 9.64. The van der Waals surface area contributed by atoms with E-state index in [1.165, 1.54) is 4.90 Å². The molecule has 32 heavy (non-hydrogen) atoms. The molecule has 4 rings (SSSR count). The van der Waals surface area contributed by atoms with Gasteiger partial charge in [-0.25, -0.2) is 0 Å². The van der Waals surface area contributed by atoms with E-state index in [2.05, 4.69) is 0 Å². The minimum atomic E-state index is -0.303. The molecule has 0 spiro atoms. The van der Waals surface area contributed by atoms with Gasteiger partial charge in [0, 0.05) is 39.1 Å². The summed E-state index contributed by atoms with van der Waals surface area (Å²) in [4.78, 5) is 54.3. The van der Waals surface area contributed by atoms with Gasteiger partial charge in [-0.2, -0.15) is 0 Å². The van der Waals surface area contributed by atoms with Crippen LogP contribution in [-0.2, 0) is 9.59 Å². The van der Waals surface area contributed by atoms with Crippen LogP contribution in [0.5, 0.6) is 5.75 Å². The molecule has 0 saturated carbocycles. The van der Waals surface area contributed by atoms with Crippen molar-refractivity contribution in [3.05, 3.63) is 65.7 Å². The van der Waals surface area contributed by atoms with Crippen molar-refractivity contribution in [2.75, 3.05) is 39.3 Å².